The van der Waals surface area contributed by atoms with E-state index in [4.69, 9.17) is 5.73 Å². The Labute approximate surface area is 113 Å². The summed E-state index contributed by atoms with van der Waals surface area (Å²) < 4.78 is 13.0. The second-order valence-corrected chi connectivity index (χ2v) is 5.33. The van der Waals surface area contributed by atoms with Crippen LogP contribution in [-0.2, 0) is 4.79 Å². The van der Waals surface area contributed by atoms with Gasteiger partial charge < -0.3 is 11.1 Å². The van der Waals surface area contributed by atoms with Gasteiger partial charge in [0.15, 0.2) is 0 Å². The van der Waals surface area contributed by atoms with E-state index >= 15 is 0 Å². The van der Waals surface area contributed by atoms with Crippen molar-refractivity contribution in [3.63, 3.8) is 0 Å². The highest BCUT2D eigenvalue weighted by Gasteiger charge is 2.14. The lowest BCUT2D eigenvalue weighted by Crippen LogP contribution is -2.15. The molecular formula is C15H21FN2O. The van der Waals surface area contributed by atoms with E-state index in [1.807, 2.05) is 0 Å². The first-order valence-electron chi connectivity index (χ1n) is 7.00. The standard InChI is InChI=1S/C15H21FN2O/c16-13-8-7-12(10-14(13)17)18-15(19)9-6-11-4-2-1-3-5-11/h7-8,10-11H,1-6,9,17H2,(H,18,19). The summed E-state index contributed by atoms with van der Waals surface area (Å²) in [6.07, 6.45) is 7.89. The summed E-state index contributed by atoms with van der Waals surface area (Å²) in [5.74, 6) is 0.217. The Kier molecular flexibility index (Phi) is 4.77. The van der Waals surface area contributed by atoms with Crippen LogP contribution in [0.3, 0.4) is 0 Å². The van der Waals surface area contributed by atoms with Gasteiger partial charge in [-0.1, -0.05) is 32.1 Å². The van der Waals surface area contributed by atoms with E-state index in [1.165, 1.54) is 50.3 Å². The van der Waals surface area contributed by atoms with E-state index in [0.717, 1.165) is 6.42 Å². The molecule has 2 rings (SSSR count). The lowest BCUT2D eigenvalue weighted by molar-refractivity contribution is -0.116. The van der Waals surface area contributed by atoms with Gasteiger partial charge in [-0.15, -0.1) is 0 Å². The van der Waals surface area contributed by atoms with Gasteiger partial charge in [0.1, 0.15) is 5.82 Å². The fraction of sp³-hybridized carbons (Fsp3) is 0.533. The molecule has 0 aliphatic heterocycles. The zero-order valence-corrected chi connectivity index (χ0v) is 11.1. The average Bonchev–Trinajstić information content (AvgIpc) is 2.42. The summed E-state index contributed by atoms with van der Waals surface area (Å²) in [6.45, 7) is 0. The fourth-order valence-corrected chi connectivity index (χ4v) is 2.66. The summed E-state index contributed by atoms with van der Waals surface area (Å²) in [6, 6.07) is 4.25. The van der Waals surface area contributed by atoms with Crippen molar-refractivity contribution < 1.29 is 9.18 Å². The summed E-state index contributed by atoms with van der Waals surface area (Å²) in [5.41, 5.74) is 6.08. The van der Waals surface area contributed by atoms with E-state index in [1.54, 1.807) is 0 Å². The number of benzene rings is 1. The lowest BCUT2D eigenvalue weighted by atomic mass is 9.86. The van der Waals surface area contributed by atoms with E-state index in [2.05, 4.69) is 5.32 Å². The maximum atomic E-state index is 13.0. The number of carbonyl (C=O) groups is 1. The molecule has 1 aromatic rings. The van der Waals surface area contributed by atoms with Gasteiger partial charge in [-0.05, 0) is 30.5 Å². The topological polar surface area (TPSA) is 55.1 Å². The predicted molar refractivity (Wildman–Crippen MR) is 75.3 cm³/mol. The second-order valence-electron chi connectivity index (χ2n) is 5.33. The molecule has 0 unspecified atom stereocenters. The van der Waals surface area contributed by atoms with Crippen LogP contribution < -0.4 is 11.1 Å². The molecule has 0 spiro atoms. The van der Waals surface area contributed by atoms with E-state index in [9.17, 15) is 9.18 Å². The van der Waals surface area contributed by atoms with Gasteiger partial charge in [0, 0.05) is 12.1 Å². The number of rotatable bonds is 4. The predicted octanol–water partition coefficient (Wildman–Crippen LogP) is 3.71. The normalized spacial score (nSPS) is 16.3. The zero-order valence-electron chi connectivity index (χ0n) is 11.1. The monoisotopic (exact) mass is 264 g/mol. The highest BCUT2D eigenvalue weighted by atomic mass is 19.1. The first kappa shape index (κ1) is 13.8. The quantitative estimate of drug-likeness (QED) is 0.814. The van der Waals surface area contributed by atoms with Crippen molar-refractivity contribution in [3.8, 4) is 0 Å². The van der Waals surface area contributed by atoms with Crippen LogP contribution in [0.2, 0.25) is 0 Å². The number of nitrogens with one attached hydrogen (secondary N) is 1. The SMILES string of the molecule is Nc1cc(NC(=O)CCC2CCCCC2)ccc1F. The Hall–Kier alpha value is -1.58. The molecule has 0 heterocycles. The average molecular weight is 264 g/mol. The highest BCUT2D eigenvalue weighted by Crippen LogP contribution is 2.27. The maximum absolute atomic E-state index is 13.0. The molecule has 0 bridgehead atoms. The molecule has 0 radical (unpaired) electrons. The maximum Gasteiger partial charge on any atom is 0.224 e. The van der Waals surface area contributed by atoms with Gasteiger partial charge in [0.25, 0.3) is 0 Å². The first-order valence-corrected chi connectivity index (χ1v) is 7.00. The van der Waals surface area contributed by atoms with Crippen molar-refractivity contribution in [2.75, 3.05) is 11.1 Å². The number of hydrogen-bond acceptors (Lipinski definition) is 2. The molecule has 4 heteroatoms. The Bertz CT molecular complexity index is 442. The Morgan fingerprint density at radius 1 is 1.32 bits per heavy atom. The molecule has 1 aliphatic rings. The van der Waals surface area contributed by atoms with Crippen LogP contribution in [-0.4, -0.2) is 5.91 Å². The summed E-state index contributed by atoms with van der Waals surface area (Å²) in [4.78, 5) is 11.8. The molecule has 1 aliphatic carbocycles. The number of nitrogens with two attached hydrogens (primary N) is 1. The van der Waals surface area contributed by atoms with Crippen LogP contribution in [0.25, 0.3) is 0 Å². The van der Waals surface area contributed by atoms with Gasteiger partial charge in [-0.3, -0.25) is 4.79 Å². The molecule has 104 valence electrons. The van der Waals surface area contributed by atoms with Crippen LogP contribution in [0.1, 0.15) is 44.9 Å². The van der Waals surface area contributed by atoms with Crippen LogP contribution in [0.4, 0.5) is 15.8 Å². The molecule has 1 saturated carbocycles. The zero-order chi connectivity index (χ0) is 13.7. The Morgan fingerprint density at radius 2 is 2.05 bits per heavy atom. The smallest absolute Gasteiger partial charge is 0.224 e. The Balaban J connectivity index is 1.78. The van der Waals surface area contributed by atoms with E-state index in [0.29, 0.717) is 18.0 Å². The number of halogens is 1. The van der Waals surface area contributed by atoms with Crippen molar-refractivity contribution in [3.05, 3.63) is 24.0 Å². The molecule has 0 saturated heterocycles. The third kappa shape index (κ3) is 4.23. The largest absolute Gasteiger partial charge is 0.396 e. The molecule has 3 N–H and O–H groups in total. The van der Waals surface area contributed by atoms with Gasteiger partial charge in [-0.25, -0.2) is 4.39 Å². The number of nitrogen functional groups attached to an aromatic ring is 1. The van der Waals surface area contributed by atoms with Crippen LogP contribution >= 0.6 is 0 Å². The molecule has 1 amide bonds. The molecule has 0 atom stereocenters. The molecule has 1 aromatic carbocycles. The van der Waals surface area contributed by atoms with Crippen molar-refractivity contribution in [2.24, 2.45) is 5.92 Å². The molecule has 1 fully saturated rings. The van der Waals surface area contributed by atoms with Gasteiger partial charge in [0.05, 0.1) is 5.69 Å². The van der Waals surface area contributed by atoms with Crippen molar-refractivity contribution in [1.29, 1.82) is 0 Å². The minimum absolute atomic E-state index is 0.0171. The summed E-state index contributed by atoms with van der Waals surface area (Å²) >= 11 is 0. The molecule has 19 heavy (non-hydrogen) atoms. The lowest BCUT2D eigenvalue weighted by Gasteiger charge is -2.21. The fourth-order valence-electron chi connectivity index (χ4n) is 2.66. The van der Waals surface area contributed by atoms with Crippen molar-refractivity contribution >= 4 is 17.3 Å². The van der Waals surface area contributed by atoms with E-state index in [-0.39, 0.29) is 11.6 Å². The minimum Gasteiger partial charge on any atom is -0.396 e. The minimum atomic E-state index is -0.458. The van der Waals surface area contributed by atoms with E-state index < -0.39 is 5.82 Å². The van der Waals surface area contributed by atoms with Crippen molar-refractivity contribution in [1.82, 2.24) is 0 Å². The van der Waals surface area contributed by atoms with Crippen LogP contribution in [0.5, 0.6) is 0 Å². The number of anilines is 2. The molecule has 0 aromatic heterocycles. The molecule has 3 nitrogen and oxygen atoms in total. The third-order valence-corrected chi connectivity index (χ3v) is 3.78. The Morgan fingerprint density at radius 3 is 2.74 bits per heavy atom. The first-order chi connectivity index (χ1) is 9.15. The summed E-state index contributed by atoms with van der Waals surface area (Å²) in [7, 11) is 0. The molecular weight excluding hydrogens is 243 g/mol. The number of hydrogen-bond donors (Lipinski definition) is 2. The number of amides is 1. The van der Waals surface area contributed by atoms with Gasteiger partial charge in [-0.2, -0.15) is 0 Å². The van der Waals surface area contributed by atoms with Crippen molar-refractivity contribution in [2.45, 2.75) is 44.9 Å². The van der Waals surface area contributed by atoms with Crippen LogP contribution in [0, 0.1) is 11.7 Å². The second kappa shape index (κ2) is 6.55. The number of carbonyl (C=O) groups excluding carboxylic acids is 1. The third-order valence-electron chi connectivity index (χ3n) is 3.78. The summed E-state index contributed by atoms with van der Waals surface area (Å²) in [5, 5.41) is 2.76. The van der Waals surface area contributed by atoms with Gasteiger partial charge >= 0.3 is 0 Å². The van der Waals surface area contributed by atoms with Crippen LogP contribution in [0.15, 0.2) is 18.2 Å². The van der Waals surface area contributed by atoms with Gasteiger partial charge in [0.2, 0.25) is 5.91 Å². The highest BCUT2D eigenvalue weighted by molar-refractivity contribution is 5.91.